The molecule has 10 nitrogen and oxygen atoms in total. The van der Waals surface area contributed by atoms with Gasteiger partial charge in [0.05, 0.1) is 30.9 Å². The molecule has 5 atom stereocenters. The zero-order chi connectivity index (χ0) is 31.6. The van der Waals surface area contributed by atoms with Crippen molar-refractivity contribution in [3.8, 4) is 0 Å². The molecule has 0 fully saturated rings. The van der Waals surface area contributed by atoms with Crippen LogP contribution in [0.25, 0.3) is 0 Å². The highest BCUT2D eigenvalue weighted by molar-refractivity contribution is 5.86. The molecule has 0 aliphatic heterocycles. The Hall–Kier alpha value is -3.02. The van der Waals surface area contributed by atoms with Gasteiger partial charge in [0.25, 0.3) is 5.91 Å². The Balaban J connectivity index is 2.12. The van der Waals surface area contributed by atoms with Gasteiger partial charge in [-0.15, -0.1) is 0 Å². The maximum Gasteiger partial charge on any atom is 0.407 e. The first-order chi connectivity index (χ1) is 19.6. The lowest BCUT2D eigenvalue weighted by molar-refractivity contribution is -0.160. The van der Waals surface area contributed by atoms with Gasteiger partial charge in [0.1, 0.15) is 5.60 Å². The van der Waals surface area contributed by atoms with E-state index in [-0.39, 0.29) is 19.5 Å². The average molecular weight is 588 g/mol. The van der Waals surface area contributed by atoms with E-state index in [1.807, 2.05) is 60.7 Å². The molecule has 2 amide bonds. The molecular formula is C32H49N3O7. The fourth-order valence-electron chi connectivity index (χ4n) is 4.36. The Bertz CT molecular complexity index is 1100. The molecule has 0 aliphatic carbocycles. The van der Waals surface area contributed by atoms with Crippen LogP contribution in [0.15, 0.2) is 60.7 Å². The number of aliphatic hydroxyl groups is 4. The number of carbonyl (C=O) groups is 2. The Morgan fingerprint density at radius 2 is 1.19 bits per heavy atom. The number of carbonyl (C=O) groups excluding carboxylic acids is 2. The Morgan fingerprint density at radius 1 is 0.762 bits per heavy atom. The molecule has 7 N–H and O–H groups in total. The van der Waals surface area contributed by atoms with Gasteiger partial charge in [0, 0.05) is 18.5 Å². The first-order valence-electron chi connectivity index (χ1n) is 14.3. The lowest BCUT2D eigenvalue weighted by Crippen LogP contribution is -2.62. The summed E-state index contributed by atoms with van der Waals surface area (Å²) in [6.07, 6.45) is -2.18. The number of nitrogens with one attached hydrogen (secondary N) is 3. The van der Waals surface area contributed by atoms with Crippen LogP contribution in [0.3, 0.4) is 0 Å². The molecule has 0 spiro atoms. The monoisotopic (exact) mass is 587 g/mol. The second-order valence-electron chi connectivity index (χ2n) is 12.8. The van der Waals surface area contributed by atoms with Crippen LogP contribution >= 0.6 is 0 Å². The minimum atomic E-state index is -2.07. The molecule has 2 aromatic carbocycles. The number of hydrogen-bond donors (Lipinski definition) is 7. The van der Waals surface area contributed by atoms with Crippen molar-refractivity contribution in [2.24, 2.45) is 5.41 Å². The highest BCUT2D eigenvalue weighted by Crippen LogP contribution is 2.30. The van der Waals surface area contributed by atoms with Crippen LogP contribution in [0.5, 0.6) is 0 Å². The van der Waals surface area contributed by atoms with E-state index in [1.54, 1.807) is 41.5 Å². The van der Waals surface area contributed by atoms with Crippen molar-refractivity contribution in [2.45, 2.75) is 89.9 Å². The zero-order valence-corrected chi connectivity index (χ0v) is 25.6. The Morgan fingerprint density at radius 3 is 1.57 bits per heavy atom. The van der Waals surface area contributed by atoms with Gasteiger partial charge in [0.2, 0.25) is 0 Å². The molecule has 0 saturated heterocycles. The largest absolute Gasteiger partial charge is 0.444 e. The Kier molecular flexibility index (Phi) is 12.9. The number of benzene rings is 2. The smallest absolute Gasteiger partial charge is 0.407 e. The maximum absolute atomic E-state index is 13.1. The standard InChI is InChI=1S/C32H49N3O7/c1-30(2,3)32(41,21-36)28(39)34-24(17-22-13-9-7-10-14-22)26(37)19-33-20-27(38)25(18-23-15-11-8-12-16-23)35-29(40)42-31(4,5)6/h7-16,24-27,33,36-38,41H,17-21H2,1-6H3,(H,34,39)(H,35,40)/t24-,25-,26+,27+,32+/m0/s1. The molecule has 0 aromatic heterocycles. The molecular weight excluding hydrogens is 538 g/mol. The summed E-state index contributed by atoms with van der Waals surface area (Å²) in [4.78, 5) is 25.7. The van der Waals surface area contributed by atoms with E-state index in [9.17, 15) is 30.0 Å². The molecule has 0 radical (unpaired) electrons. The van der Waals surface area contributed by atoms with Gasteiger partial charge < -0.3 is 41.1 Å². The predicted molar refractivity (Wildman–Crippen MR) is 162 cm³/mol. The minimum Gasteiger partial charge on any atom is -0.444 e. The van der Waals surface area contributed by atoms with E-state index in [4.69, 9.17) is 4.74 Å². The molecule has 10 heteroatoms. The van der Waals surface area contributed by atoms with Crippen molar-refractivity contribution < 1.29 is 34.8 Å². The molecule has 0 heterocycles. The summed E-state index contributed by atoms with van der Waals surface area (Å²) >= 11 is 0. The molecule has 2 aromatic rings. The van der Waals surface area contributed by atoms with E-state index in [0.717, 1.165) is 11.1 Å². The highest BCUT2D eigenvalue weighted by atomic mass is 16.6. The number of ether oxygens (including phenoxy) is 1. The molecule has 0 bridgehead atoms. The fourth-order valence-corrected chi connectivity index (χ4v) is 4.36. The quantitative estimate of drug-likeness (QED) is 0.177. The summed E-state index contributed by atoms with van der Waals surface area (Å²) in [5.41, 5.74) is -1.97. The number of aliphatic hydroxyl groups excluding tert-OH is 3. The van der Waals surface area contributed by atoms with Crippen molar-refractivity contribution >= 4 is 12.0 Å². The number of alkyl carbamates (subject to hydrolysis) is 1. The first-order valence-corrected chi connectivity index (χ1v) is 14.3. The summed E-state index contributed by atoms with van der Waals surface area (Å²) < 4.78 is 5.38. The zero-order valence-electron chi connectivity index (χ0n) is 25.6. The second-order valence-corrected chi connectivity index (χ2v) is 12.8. The molecule has 0 aliphatic rings. The van der Waals surface area contributed by atoms with Gasteiger partial charge in [0.15, 0.2) is 5.60 Å². The van der Waals surface area contributed by atoms with Crippen molar-refractivity contribution in [3.05, 3.63) is 71.8 Å². The van der Waals surface area contributed by atoms with Crippen molar-refractivity contribution in [1.82, 2.24) is 16.0 Å². The normalized spacial score (nSPS) is 16.4. The van der Waals surface area contributed by atoms with E-state index < -0.39 is 59.5 Å². The highest BCUT2D eigenvalue weighted by Gasteiger charge is 2.47. The van der Waals surface area contributed by atoms with Crippen LogP contribution in [-0.4, -0.2) is 87.6 Å². The van der Waals surface area contributed by atoms with Gasteiger partial charge in [-0.25, -0.2) is 4.79 Å². The minimum absolute atomic E-state index is 0.00753. The number of rotatable bonds is 14. The molecule has 2 rings (SSSR count). The number of hydrogen-bond acceptors (Lipinski definition) is 8. The van der Waals surface area contributed by atoms with Crippen LogP contribution in [0.1, 0.15) is 52.7 Å². The van der Waals surface area contributed by atoms with Crippen molar-refractivity contribution in [3.63, 3.8) is 0 Å². The van der Waals surface area contributed by atoms with Gasteiger partial charge >= 0.3 is 6.09 Å². The van der Waals surface area contributed by atoms with Gasteiger partial charge in [-0.05, 0) is 44.7 Å². The molecule has 234 valence electrons. The third-order valence-electron chi connectivity index (χ3n) is 7.10. The number of amides is 2. The lowest BCUT2D eigenvalue weighted by Gasteiger charge is -2.39. The van der Waals surface area contributed by atoms with Crippen LogP contribution in [-0.2, 0) is 22.4 Å². The summed E-state index contributed by atoms with van der Waals surface area (Å²) in [7, 11) is 0. The SMILES string of the molecule is CC(C)(C)OC(=O)N[C@@H](Cc1ccccc1)[C@H](O)CNC[C@@H](O)[C@H](Cc1ccccc1)NC(=O)[C@](O)(CO)C(C)(C)C. The second kappa shape index (κ2) is 15.5. The van der Waals surface area contributed by atoms with Crippen LogP contribution in [0, 0.1) is 5.41 Å². The Labute approximate surface area is 249 Å². The summed E-state index contributed by atoms with van der Waals surface area (Å²) in [5.74, 6) is -0.790. The third kappa shape index (κ3) is 11.0. The summed E-state index contributed by atoms with van der Waals surface area (Å²) in [6, 6.07) is 17.2. The van der Waals surface area contributed by atoms with Gasteiger partial charge in [-0.1, -0.05) is 81.4 Å². The topological polar surface area (TPSA) is 160 Å². The predicted octanol–water partition coefficient (Wildman–Crippen LogP) is 1.93. The fraction of sp³-hybridized carbons (Fsp3) is 0.562. The third-order valence-corrected chi connectivity index (χ3v) is 7.10. The molecule has 42 heavy (non-hydrogen) atoms. The lowest BCUT2D eigenvalue weighted by atomic mass is 9.76. The van der Waals surface area contributed by atoms with E-state index in [2.05, 4.69) is 16.0 Å². The van der Waals surface area contributed by atoms with E-state index in [0.29, 0.717) is 6.42 Å². The maximum atomic E-state index is 13.1. The van der Waals surface area contributed by atoms with Gasteiger partial charge in [-0.3, -0.25) is 4.79 Å². The van der Waals surface area contributed by atoms with Gasteiger partial charge in [-0.2, -0.15) is 0 Å². The summed E-state index contributed by atoms with van der Waals surface area (Å²) in [5, 5.41) is 51.5. The first kappa shape index (κ1) is 35.2. The average Bonchev–Trinajstić information content (AvgIpc) is 2.91. The van der Waals surface area contributed by atoms with Crippen LogP contribution < -0.4 is 16.0 Å². The van der Waals surface area contributed by atoms with E-state index in [1.165, 1.54) is 0 Å². The van der Waals surface area contributed by atoms with Crippen LogP contribution in [0.2, 0.25) is 0 Å². The summed E-state index contributed by atoms with van der Waals surface area (Å²) in [6.45, 7) is 9.44. The van der Waals surface area contributed by atoms with Crippen molar-refractivity contribution in [1.29, 1.82) is 0 Å². The van der Waals surface area contributed by atoms with E-state index >= 15 is 0 Å². The van der Waals surface area contributed by atoms with Crippen molar-refractivity contribution in [2.75, 3.05) is 19.7 Å². The van der Waals surface area contributed by atoms with Crippen LogP contribution in [0.4, 0.5) is 4.79 Å². The molecule has 0 saturated carbocycles. The molecule has 0 unspecified atom stereocenters.